The van der Waals surface area contributed by atoms with Crippen LogP contribution in [0.2, 0.25) is 0 Å². The lowest BCUT2D eigenvalue weighted by atomic mass is 9.99. The van der Waals surface area contributed by atoms with E-state index in [1.165, 1.54) is 23.2 Å². The Morgan fingerprint density at radius 1 is 1.41 bits per heavy atom. The zero-order valence-corrected chi connectivity index (χ0v) is 9.95. The summed E-state index contributed by atoms with van der Waals surface area (Å²) in [4.78, 5) is 0. The first kappa shape index (κ1) is 12.4. The Kier molecular flexibility index (Phi) is 4.36. The fourth-order valence-electron chi connectivity index (χ4n) is 2.17. The average molecular weight is 236 g/mol. The predicted octanol–water partition coefficient (Wildman–Crippen LogP) is 0.487. The van der Waals surface area contributed by atoms with Gasteiger partial charge in [0.2, 0.25) is 0 Å². The molecule has 17 heavy (non-hydrogen) atoms. The first-order chi connectivity index (χ1) is 8.31. The fourth-order valence-corrected chi connectivity index (χ4v) is 2.17. The van der Waals surface area contributed by atoms with Crippen LogP contribution in [0.5, 0.6) is 0 Å². The smallest absolute Gasteiger partial charge is 0.0895 e. The van der Waals surface area contributed by atoms with E-state index in [4.69, 9.17) is 5.11 Å². The normalized spacial score (nSPS) is 16.1. The number of rotatable bonds is 5. The van der Waals surface area contributed by atoms with E-state index in [2.05, 4.69) is 28.8 Å². The number of para-hydroxylation sites is 1. The highest BCUT2D eigenvalue weighted by atomic mass is 16.3. The van der Waals surface area contributed by atoms with E-state index in [1.54, 1.807) is 0 Å². The number of aryl methyl sites for hydroxylation is 1. The maximum Gasteiger partial charge on any atom is 0.0895 e. The molecular weight excluding hydrogens is 216 g/mol. The Bertz CT molecular complexity index is 368. The molecule has 1 heterocycles. The van der Waals surface area contributed by atoms with Gasteiger partial charge in [-0.1, -0.05) is 18.2 Å². The minimum absolute atomic E-state index is 0.196. The molecule has 4 N–H and O–H groups in total. The van der Waals surface area contributed by atoms with Crippen molar-refractivity contribution in [3.05, 3.63) is 29.3 Å². The van der Waals surface area contributed by atoms with Crippen LogP contribution < -0.4 is 10.6 Å². The van der Waals surface area contributed by atoms with Gasteiger partial charge in [0.05, 0.1) is 12.7 Å². The van der Waals surface area contributed by atoms with Crippen LogP contribution in [0.15, 0.2) is 18.2 Å². The Morgan fingerprint density at radius 3 is 3.12 bits per heavy atom. The topological polar surface area (TPSA) is 64.5 Å². The van der Waals surface area contributed by atoms with E-state index >= 15 is 0 Å². The molecular formula is C13H20N2O2. The van der Waals surface area contributed by atoms with Gasteiger partial charge in [0.1, 0.15) is 0 Å². The van der Waals surface area contributed by atoms with E-state index in [9.17, 15) is 5.11 Å². The number of benzene rings is 1. The van der Waals surface area contributed by atoms with Crippen LogP contribution in [0.4, 0.5) is 5.69 Å². The number of aliphatic hydroxyl groups is 2. The quantitative estimate of drug-likeness (QED) is 0.601. The van der Waals surface area contributed by atoms with Crippen molar-refractivity contribution >= 4 is 5.69 Å². The number of nitrogens with one attached hydrogen (secondary N) is 2. The molecule has 4 heteroatoms. The largest absolute Gasteiger partial charge is 0.394 e. The van der Waals surface area contributed by atoms with Crippen LogP contribution in [0.3, 0.4) is 0 Å². The van der Waals surface area contributed by atoms with Gasteiger partial charge in [-0.3, -0.25) is 0 Å². The summed E-state index contributed by atoms with van der Waals surface area (Å²) in [5.74, 6) is 0. The zero-order chi connectivity index (χ0) is 12.1. The van der Waals surface area contributed by atoms with Crippen LogP contribution in [0, 0.1) is 0 Å². The van der Waals surface area contributed by atoms with E-state index in [0.717, 1.165) is 13.0 Å². The predicted molar refractivity (Wildman–Crippen MR) is 68.1 cm³/mol. The summed E-state index contributed by atoms with van der Waals surface area (Å²) >= 11 is 0. The Labute approximate surface area is 102 Å². The number of anilines is 1. The molecule has 1 unspecified atom stereocenters. The van der Waals surface area contributed by atoms with Crippen molar-refractivity contribution < 1.29 is 10.2 Å². The third-order valence-corrected chi connectivity index (χ3v) is 3.07. The van der Waals surface area contributed by atoms with E-state index in [0.29, 0.717) is 13.1 Å². The first-order valence-electron chi connectivity index (χ1n) is 6.15. The summed E-state index contributed by atoms with van der Waals surface area (Å²) in [7, 11) is 0. The fraction of sp³-hybridized carbons (Fsp3) is 0.538. The molecule has 1 atom stereocenters. The molecule has 1 aliphatic rings. The second kappa shape index (κ2) is 6.00. The summed E-state index contributed by atoms with van der Waals surface area (Å²) in [5.41, 5.74) is 3.84. The van der Waals surface area contributed by atoms with Crippen molar-refractivity contribution in [3.63, 3.8) is 0 Å². The molecule has 0 amide bonds. The molecule has 2 rings (SSSR count). The Balaban J connectivity index is 1.96. The molecule has 0 saturated carbocycles. The standard InChI is InChI=1S/C13H20N2O2/c16-9-12(17)8-14-7-11-4-1-3-10-5-2-6-15-13(10)11/h1,3-4,12,14-17H,2,5-9H2. The van der Waals surface area contributed by atoms with Crippen LogP contribution in [-0.2, 0) is 13.0 Å². The average Bonchev–Trinajstić information content (AvgIpc) is 2.39. The van der Waals surface area contributed by atoms with E-state index in [1.807, 2.05) is 0 Å². The molecule has 1 aromatic carbocycles. The van der Waals surface area contributed by atoms with Crippen LogP contribution in [0.1, 0.15) is 17.5 Å². The van der Waals surface area contributed by atoms with E-state index in [-0.39, 0.29) is 6.61 Å². The van der Waals surface area contributed by atoms with Gasteiger partial charge in [-0.05, 0) is 24.0 Å². The first-order valence-corrected chi connectivity index (χ1v) is 6.15. The molecule has 0 bridgehead atoms. The van der Waals surface area contributed by atoms with Gasteiger partial charge in [0.15, 0.2) is 0 Å². The van der Waals surface area contributed by atoms with Gasteiger partial charge in [0.25, 0.3) is 0 Å². The molecule has 0 spiro atoms. The molecule has 0 aliphatic carbocycles. The van der Waals surface area contributed by atoms with Gasteiger partial charge in [-0.2, -0.15) is 0 Å². The lowest BCUT2D eigenvalue weighted by Crippen LogP contribution is -2.29. The second-order valence-corrected chi connectivity index (χ2v) is 4.45. The minimum atomic E-state index is -0.678. The highest BCUT2D eigenvalue weighted by Crippen LogP contribution is 2.25. The van der Waals surface area contributed by atoms with Crippen LogP contribution in [0.25, 0.3) is 0 Å². The van der Waals surface area contributed by atoms with Crippen molar-refractivity contribution in [3.8, 4) is 0 Å². The molecule has 0 aromatic heterocycles. The number of hydrogen-bond acceptors (Lipinski definition) is 4. The third kappa shape index (κ3) is 3.19. The molecule has 0 fully saturated rings. The molecule has 0 saturated heterocycles. The lowest BCUT2D eigenvalue weighted by molar-refractivity contribution is 0.0942. The maximum atomic E-state index is 9.25. The molecule has 0 radical (unpaired) electrons. The number of aliphatic hydroxyl groups excluding tert-OH is 2. The molecule has 4 nitrogen and oxygen atoms in total. The van der Waals surface area contributed by atoms with Gasteiger partial charge in [0, 0.05) is 25.3 Å². The summed E-state index contributed by atoms with van der Waals surface area (Å²) in [5, 5.41) is 24.6. The third-order valence-electron chi connectivity index (χ3n) is 3.07. The summed E-state index contributed by atoms with van der Waals surface area (Å²) < 4.78 is 0. The van der Waals surface area contributed by atoms with Crippen molar-refractivity contribution in [2.24, 2.45) is 0 Å². The highest BCUT2D eigenvalue weighted by Gasteiger charge is 2.12. The summed E-state index contributed by atoms with van der Waals surface area (Å²) in [6, 6.07) is 6.33. The molecule has 1 aliphatic heterocycles. The Hall–Kier alpha value is -1.10. The van der Waals surface area contributed by atoms with Gasteiger partial charge in [-0.25, -0.2) is 0 Å². The van der Waals surface area contributed by atoms with Gasteiger partial charge >= 0.3 is 0 Å². The number of fused-ring (bicyclic) bond motifs is 1. The van der Waals surface area contributed by atoms with Crippen molar-refractivity contribution in [1.82, 2.24) is 5.32 Å². The van der Waals surface area contributed by atoms with Crippen LogP contribution in [-0.4, -0.2) is 36.0 Å². The van der Waals surface area contributed by atoms with Crippen LogP contribution >= 0.6 is 0 Å². The monoisotopic (exact) mass is 236 g/mol. The number of hydrogen-bond donors (Lipinski definition) is 4. The summed E-state index contributed by atoms with van der Waals surface area (Å²) in [6.07, 6.45) is 1.64. The SMILES string of the molecule is OCC(O)CNCc1cccc2c1NCCC2. The van der Waals surface area contributed by atoms with Gasteiger partial charge < -0.3 is 20.8 Å². The molecule has 94 valence electrons. The lowest BCUT2D eigenvalue weighted by Gasteiger charge is -2.21. The zero-order valence-electron chi connectivity index (χ0n) is 9.95. The minimum Gasteiger partial charge on any atom is -0.394 e. The van der Waals surface area contributed by atoms with E-state index < -0.39 is 6.10 Å². The highest BCUT2D eigenvalue weighted by molar-refractivity contribution is 5.59. The second-order valence-electron chi connectivity index (χ2n) is 4.45. The summed E-state index contributed by atoms with van der Waals surface area (Å²) in [6.45, 7) is 1.97. The molecule has 1 aromatic rings. The Morgan fingerprint density at radius 2 is 2.29 bits per heavy atom. The maximum absolute atomic E-state index is 9.25. The van der Waals surface area contributed by atoms with Crippen molar-refractivity contribution in [2.45, 2.75) is 25.5 Å². The van der Waals surface area contributed by atoms with Gasteiger partial charge in [-0.15, -0.1) is 0 Å². The van der Waals surface area contributed by atoms with Crippen molar-refractivity contribution in [1.29, 1.82) is 0 Å². The van der Waals surface area contributed by atoms with Crippen molar-refractivity contribution in [2.75, 3.05) is 25.0 Å².